The molecule has 2 aromatic carbocycles. The first kappa shape index (κ1) is 19.5. The number of anilines is 1. The lowest BCUT2D eigenvalue weighted by Crippen LogP contribution is -2.54. The van der Waals surface area contributed by atoms with Crippen LogP contribution in [0, 0.1) is 0 Å². The number of nitrogens with one attached hydrogen (secondary N) is 1. The fraction of sp³-hybridized carbons (Fsp3) is 0.0455. The lowest BCUT2D eigenvalue weighted by molar-refractivity contribution is -0.122. The Morgan fingerprint density at radius 3 is 2.50 bits per heavy atom. The van der Waals surface area contributed by atoms with E-state index >= 15 is 0 Å². The summed E-state index contributed by atoms with van der Waals surface area (Å²) < 4.78 is 10.8. The number of furan rings is 1. The topological polar surface area (TPSA) is 88.8 Å². The van der Waals surface area contributed by atoms with E-state index in [0.29, 0.717) is 17.3 Å². The number of rotatable bonds is 4. The molecule has 0 atom stereocenters. The molecule has 1 N–H and O–H groups in total. The Balaban J connectivity index is 1.68. The van der Waals surface area contributed by atoms with Crippen molar-refractivity contribution in [1.82, 2.24) is 5.32 Å². The van der Waals surface area contributed by atoms with Gasteiger partial charge in [0.1, 0.15) is 22.8 Å². The third kappa shape index (κ3) is 3.58. The number of benzene rings is 2. The van der Waals surface area contributed by atoms with E-state index in [4.69, 9.17) is 20.8 Å². The van der Waals surface area contributed by atoms with Crippen molar-refractivity contribution in [3.63, 3.8) is 0 Å². The zero-order valence-electron chi connectivity index (χ0n) is 15.7. The molecule has 1 aliphatic rings. The summed E-state index contributed by atoms with van der Waals surface area (Å²) in [6.45, 7) is 0. The van der Waals surface area contributed by atoms with E-state index in [9.17, 15) is 14.4 Å². The van der Waals surface area contributed by atoms with Crippen molar-refractivity contribution < 1.29 is 23.5 Å². The van der Waals surface area contributed by atoms with E-state index < -0.39 is 17.8 Å². The van der Waals surface area contributed by atoms with Crippen molar-refractivity contribution in [2.75, 3.05) is 12.0 Å². The van der Waals surface area contributed by atoms with Gasteiger partial charge in [-0.05, 0) is 36.4 Å². The Labute approximate surface area is 176 Å². The van der Waals surface area contributed by atoms with Crippen LogP contribution in [0.15, 0.2) is 70.7 Å². The van der Waals surface area contributed by atoms with Crippen LogP contribution in [-0.4, -0.2) is 25.0 Å². The van der Waals surface area contributed by atoms with Gasteiger partial charge in [0.25, 0.3) is 11.8 Å². The molecular formula is C22H15ClN2O5. The molecule has 1 aliphatic heterocycles. The fourth-order valence-corrected chi connectivity index (χ4v) is 3.27. The molecule has 0 saturated carbocycles. The second kappa shape index (κ2) is 7.88. The molecule has 0 radical (unpaired) electrons. The Kier molecular flexibility index (Phi) is 5.12. The molecule has 0 bridgehead atoms. The minimum Gasteiger partial charge on any atom is -0.495 e. The number of hydrogen-bond donors (Lipinski definition) is 1. The second-order valence-electron chi connectivity index (χ2n) is 6.34. The summed E-state index contributed by atoms with van der Waals surface area (Å²) in [5, 5.41) is 2.38. The fourth-order valence-electron chi connectivity index (χ4n) is 3.02. The number of barbiturate groups is 1. The van der Waals surface area contributed by atoms with Gasteiger partial charge in [-0.1, -0.05) is 41.9 Å². The first-order valence-corrected chi connectivity index (χ1v) is 9.26. The highest BCUT2D eigenvalue weighted by atomic mass is 35.5. The summed E-state index contributed by atoms with van der Waals surface area (Å²) >= 11 is 6.11. The van der Waals surface area contributed by atoms with Gasteiger partial charge in [-0.15, -0.1) is 0 Å². The number of imide groups is 2. The van der Waals surface area contributed by atoms with Gasteiger partial charge in [0.05, 0.1) is 17.8 Å². The van der Waals surface area contributed by atoms with E-state index in [1.165, 1.54) is 31.4 Å². The maximum atomic E-state index is 13.0. The average molecular weight is 423 g/mol. The lowest BCUT2D eigenvalue weighted by Gasteiger charge is -2.26. The molecule has 4 amide bonds. The monoisotopic (exact) mass is 422 g/mol. The first-order valence-electron chi connectivity index (χ1n) is 8.88. The predicted octanol–water partition coefficient (Wildman–Crippen LogP) is 4.28. The molecule has 4 rings (SSSR count). The molecule has 0 aliphatic carbocycles. The zero-order valence-corrected chi connectivity index (χ0v) is 16.5. The van der Waals surface area contributed by atoms with Crippen LogP contribution in [0.25, 0.3) is 17.4 Å². The molecule has 8 heteroatoms. The maximum absolute atomic E-state index is 13.0. The quantitative estimate of drug-likeness (QED) is 0.501. The Hall–Kier alpha value is -3.84. The Morgan fingerprint density at radius 2 is 1.80 bits per heavy atom. The third-order valence-corrected chi connectivity index (χ3v) is 4.76. The van der Waals surface area contributed by atoms with Crippen molar-refractivity contribution in [2.24, 2.45) is 0 Å². The zero-order chi connectivity index (χ0) is 21.3. The molecule has 3 aromatic rings. The highest BCUT2D eigenvalue weighted by Crippen LogP contribution is 2.31. The number of carbonyl (C=O) groups is 3. The molecule has 1 aromatic heterocycles. The van der Waals surface area contributed by atoms with E-state index in [2.05, 4.69) is 5.32 Å². The summed E-state index contributed by atoms with van der Waals surface area (Å²) in [5.41, 5.74) is 0.813. The van der Waals surface area contributed by atoms with E-state index in [1.807, 2.05) is 30.3 Å². The normalized spacial score (nSPS) is 15.5. The van der Waals surface area contributed by atoms with Crippen LogP contribution < -0.4 is 15.0 Å². The van der Waals surface area contributed by atoms with Crippen LogP contribution in [0.2, 0.25) is 5.02 Å². The van der Waals surface area contributed by atoms with Crippen LogP contribution in [0.5, 0.6) is 5.75 Å². The molecular weight excluding hydrogens is 408 g/mol. The van der Waals surface area contributed by atoms with Crippen LogP contribution >= 0.6 is 11.6 Å². The molecule has 0 spiro atoms. The summed E-state index contributed by atoms with van der Waals surface area (Å²) in [6, 6.07) is 16.3. The van der Waals surface area contributed by atoms with Crippen molar-refractivity contribution in [1.29, 1.82) is 0 Å². The summed E-state index contributed by atoms with van der Waals surface area (Å²) in [6.07, 6.45) is 1.30. The summed E-state index contributed by atoms with van der Waals surface area (Å²) in [5.74, 6) is -0.322. The molecule has 150 valence electrons. The molecule has 30 heavy (non-hydrogen) atoms. The summed E-state index contributed by atoms with van der Waals surface area (Å²) in [7, 11) is 1.45. The van der Waals surface area contributed by atoms with Gasteiger partial charge in [-0.2, -0.15) is 0 Å². The minimum absolute atomic E-state index is 0.200. The number of methoxy groups -OCH3 is 1. The van der Waals surface area contributed by atoms with Gasteiger partial charge < -0.3 is 9.15 Å². The van der Waals surface area contributed by atoms with Crippen molar-refractivity contribution in [3.05, 3.63) is 77.0 Å². The molecule has 1 saturated heterocycles. The largest absolute Gasteiger partial charge is 0.495 e. The van der Waals surface area contributed by atoms with Crippen molar-refractivity contribution >= 4 is 41.2 Å². The highest BCUT2D eigenvalue weighted by molar-refractivity contribution is 6.39. The number of hydrogen-bond acceptors (Lipinski definition) is 5. The van der Waals surface area contributed by atoms with Crippen molar-refractivity contribution in [2.45, 2.75) is 0 Å². The van der Waals surface area contributed by atoms with Crippen LogP contribution in [0.4, 0.5) is 10.5 Å². The number of urea groups is 1. The van der Waals surface area contributed by atoms with Gasteiger partial charge in [0, 0.05) is 5.56 Å². The van der Waals surface area contributed by atoms with Gasteiger partial charge >= 0.3 is 6.03 Å². The van der Waals surface area contributed by atoms with E-state index in [0.717, 1.165) is 10.5 Å². The van der Waals surface area contributed by atoms with E-state index in [1.54, 1.807) is 12.1 Å². The smallest absolute Gasteiger partial charge is 0.335 e. The SMILES string of the molecule is COc1ccc(N2C(=O)NC(=O)/C(=C/c3ccc(-c4ccccc4)o3)C2=O)cc1Cl. The summed E-state index contributed by atoms with van der Waals surface area (Å²) in [4.78, 5) is 38.4. The number of carbonyl (C=O) groups excluding carboxylic acids is 3. The van der Waals surface area contributed by atoms with Crippen molar-refractivity contribution in [3.8, 4) is 17.1 Å². The first-order chi connectivity index (χ1) is 14.5. The van der Waals surface area contributed by atoms with Gasteiger partial charge in [-0.25, -0.2) is 9.69 Å². The lowest BCUT2D eigenvalue weighted by atomic mass is 10.1. The minimum atomic E-state index is -0.868. The van der Waals surface area contributed by atoms with Crippen LogP contribution in [0.3, 0.4) is 0 Å². The van der Waals surface area contributed by atoms with E-state index in [-0.39, 0.29) is 16.3 Å². The second-order valence-corrected chi connectivity index (χ2v) is 6.75. The Bertz CT molecular complexity index is 1180. The number of amides is 4. The van der Waals surface area contributed by atoms with Gasteiger partial charge in [-0.3, -0.25) is 14.9 Å². The molecule has 7 nitrogen and oxygen atoms in total. The standard InChI is InChI=1S/C22H15ClN2O5/c1-29-19-9-7-14(11-17(19)23)25-21(27)16(20(26)24-22(25)28)12-15-8-10-18(30-15)13-5-3-2-4-6-13/h2-12H,1H3,(H,24,26,28)/b16-12-. The third-order valence-electron chi connectivity index (χ3n) is 4.47. The van der Waals surface area contributed by atoms with Crippen LogP contribution in [0.1, 0.15) is 5.76 Å². The molecule has 2 heterocycles. The molecule has 0 unspecified atom stereocenters. The number of ether oxygens (including phenoxy) is 1. The highest BCUT2D eigenvalue weighted by Gasteiger charge is 2.37. The predicted molar refractivity (Wildman–Crippen MR) is 111 cm³/mol. The van der Waals surface area contributed by atoms with Crippen LogP contribution in [-0.2, 0) is 9.59 Å². The maximum Gasteiger partial charge on any atom is 0.335 e. The Morgan fingerprint density at radius 1 is 1.03 bits per heavy atom. The number of halogens is 1. The number of nitrogens with zero attached hydrogens (tertiary/aromatic N) is 1. The van der Waals surface area contributed by atoms with Gasteiger partial charge in [0.2, 0.25) is 0 Å². The molecule has 1 fully saturated rings. The van der Waals surface area contributed by atoms with Gasteiger partial charge in [0.15, 0.2) is 0 Å². The average Bonchev–Trinajstić information content (AvgIpc) is 3.20.